The topological polar surface area (TPSA) is 20.3 Å². The number of hydrogen-bond donors (Lipinski definition) is 0. The molecule has 0 aromatic heterocycles. The van der Waals surface area contributed by atoms with Crippen LogP contribution in [0.3, 0.4) is 0 Å². The number of likely N-dealkylation sites (tertiary alicyclic amines) is 1. The maximum absolute atomic E-state index is 12.8. The van der Waals surface area contributed by atoms with Crippen LogP contribution in [0.1, 0.15) is 23.2 Å². The molecule has 92 valence electrons. The summed E-state index contributed by atoms with van der Waals surface area (Å²) in [4.78, 5) is 13.9. The number of carbonyl (C=O) groups is 1. The van der Waals surface area contributed by atoms with Gasteiger partial charge in [-0.25, -0.2) is 4.39 Å². The van der Waals surface area contributed by atoms with Crippen molar-refractivity contribution < 1.29 is 9.18 Å². The summed E-state index contributed by atoms with van der Waals surface area (Å²) in [6, 6.07) is 5.71. The van der Waals surface area contributed by atoms with E-state index in [-0.39, 0.29) is 11.7 Å². The van der Waals surface area contributed by atoms with Gasteiger partial charge in [-0.05, 0) is 43.0 Å². The second-order valence-electron chi connectivity index (χ2n) is 4.39. The average molecular weight is 256 g/mol. The molecule has 1 aromatic rings. The highest BCUT2D eigenvalue weighted by molar-refractivity contribution is 6.17. The minimum absolute atomic E-state index is 0.0120. The van der Waals surface area contributed by atoms with E-state index < -0.39 is 0 Å². The fourth-order valence-electron chi connectivity index (χ4n) is 2.18. The van der Waals surface area contributed by atoms with Crippen molar-refractivity contribution in [1.82, 2.24) is 4.90 Å². The summed E-state index contributed by atoms with van der Waals surface area (Å²) in [6.45, 7) is 1.54. The third kappa shape index (κ3) is 2.97. The highest BCUT2D eigenvalue weighted by Gasteiger charge is 2.26. The molecule has 2 nitrogen and oxygen atoms in total. The van der Waals surface area contributed by atoms with Gasteiger partial charge in [0.05, 0.1) is 0 Å². The summed E-state index contributed by atoms with van der Waals surface area (Å²) in [6.07, 6.45) is 1.97. The van der Waals surface area contributed by atoms with Crippen LogP contribution in [-0.4, -0.2) is 29.8 Å². The molecule has 1 atom stereocenters. The molecule has 1 heterocycles. The van der Waals surface area contributed by atoms with Gasteiger partial charge in [0.15, 0.2) is 0 Å². The van der Waals surface area contributed by atoms with Gasteiger partial charge < -0.3 is 4.90 Å². The van der Waals surface area contributed by atoms with Crippen LogP contribution in [0.15, 0.2) is 24.3 Å². The lowest BCUT2D eigenvalue weighted by molar-refractivity contribution is 0.0787. The molecule has 0 aliphatic carbocycles. The van der Waals surface area contributed by atoms with Crippen molar-refractivity contribution in [2.24, 2.45) is 5.92 Å². The fraction of sp³-hybridized carbons (Fsp3) is 0.462. The number of amides is 1. The minimum Gasteiger partial charge on any atom is -0.338 e. The van der Waals surface area contributed by atoms with Gasteiger partial charge in [-0.15, -0.1) is 11.6 Å². The largest absolute Gasteiger partial charge is 0.338 e. The van der Waals surface area contributed by atoms with Crippen molar-refractivity contribution in [3.63, 3.8) is 0 Å². The highest BCUT2D eigenvalue weighted by Crippen LogP contribution is 2.21. The molecule has 1 unspecified atom stereocenters. The van der Waals surface area contributed by atoms with Crippen molar-refractivity contribution >= 4 is 17.5 Å². The zero-order chi connectivity index (χ0) is 12.3. The first kappa shape index (κ1) is 12.4. The van der Waals surface area contributed by atoms with Crippen molar-refractivity contribution in [2.45, 2.75) is 12.8 Å². The molecule has 1 fully saturated rings. The Labute approximate surface area is 105 Å². The Hall–Kier alpha value is -1.09. The van der Waals surface area contributed by atoms with Gasteiger partial charge in [-0.1, -0.05) is 0 Å². The Morgan fingerprint density at radius 2 is 2.12 bits per heavy atom. The second-order valence-corrected chi connectivity index (χ2v) is 4.77. The predicted octanol–water partition coefficient (Wildman–Crippen LogP) is 2.92. The number of halogens is 2. The zero-order valence-electron chi connectivity index (χ0n) is 9.53. The van der Waals surface area contributed by atoms with E-state index in [0.29, 0.717) is 17.4 Å². The van der Waals surface area contributed by atoms with Crippen LogP contribution in [0.2, 0.25) is 0 Å². The van der Waals surface area contributed by atoms with Crippen LogP contribution in [0.25, 0.3) is 0 Å². The number of nitrogens with zero attached hydrogens (tertiary/aromatic N) is 1. The lowest BCUT2D eigenvalue weighted by Gasteiger charge is -2.16. The average Bonchev–Trinajstić information content (AvgIpc) is 2.78. The monoisotopic (exact) mass is 255 g/mol. The van der Waals surface area contributed by atoms with Crippen molar-refractivity contribution in [3.05, 3.63) is 35.6 Å². The maximum Gasteiger partial charge on any atom is 0.253 e. The summed E-state index contributed by atoms with van der Waals surface area (Å²) < 4.78 is 12.8. The normalized spacial score (nSPS) is 19.6. The molecule has 0 N–H and O–H groups in total. The summed E-state index contributed by atoms with van der Waals surface area (Å²) >= 11 is 5.70. The number of rotatable bonds is 3. The van der Waals surface area contributed by atoms with Gasteiger partial charge in [0.25, 0.3) is 5.91 Å². The molecule has 1 amide bonds. The molecule has 0 spiro atoms. The number of hydrogen-bond acceptors (Lipinski definition) is 1. The van der Waals surface area contributed by atoms with E-state index in [9.17, 15) is 9.18 Å². The van der Waals surface area contributed by atoms with Gasteiger partial charge in [0.1, 0.15) is 5.82 Å². The molecule has 17 heavy (non-hydrogen) atoms. The molecule has 0 saturated carbocycles. The van der Waals surface area contributed by atoms with Crippen LogP contribution in [0, 0.1) is 11.7 Å². The SMILES string of the molecule is O=C(c1ccc(F)cc1)N1CCC(CCCl)C1. The number of alkyl halides is 1. The first-order valence-corrected chi connectivity index (χ1v) is 6.35. The molecule has 1 aromatic carbocycles. The van der Waals surface area contributed by atoms with Crippen molar-refractivity contribution in [3.8, 4) is 0 Å². The smallest absolute Gasteiger partial charge is 0.253 e. The third-order valence-electron chi connectivity index (χ3n) is 3.18. The van der Waals surface area contributed by atoms with Gasteiger partial charge in [0.2, 0.25) is 0 Å². The summed E-state index contributed by atoms with van der Waals surface area (Å²) in [5.74, 6) is 0.824. The molecule has 0 bridgehead atoms. The van der Waals surface area contributed by atoms with E-state index in [4.69, 9.17) is 11.6 Å². The molecule has 1 aliphatic heterocycles. The second kappa shape index (κ2) is 5.50. The van der Waals surface area contributed by atoms with E-state index in [0.717, 1.165) is 25.9 Å². The van der Waals surface area contributed by atoms with E-state index in [1.165, 1.54) is 24.3 Å². The Morgan fingerprint density at radius 3 is 2.76 bits per heavy atom. The van der Waals surface area contributed by atoms with E-state index in [1.807, 2.05) is 4.90 Å². The Kier molecular flexibility index (Phi) is 4.00. The van der Waals surface area contributed by atoms with Crippen LogP contribution in [0.5, 0.6) is 0 Å². The number of benzene rings is 1. The van der Waals surface area contributed by atoms with Crippen LogP contribution < -0.4 is 0 Å². The first-order valence-electron chi connectivity index (χ1n) is 5.81. The third-order valence-corrected chi connectivity index (χ3v) is 3.40. The minimum atomic E-state index is -0.317. The van der Waals surface area contributed by atoms with Crippen molar-refractivity contribution in [1.29, 1.82) is 0 Å². The standard InChI is InChI=1S/C13H15ClFNO/c14-7-5-10-6-8-16(9-10)13(17)11-1-3-12(15)4-2-11/h1-4,10H,5-9H2. The lowest BCUT2D eigenvalue weighted by Crippen LogP contribution is -2.28. The summed E-state index contributed by atoms with van der Waals surface area (Å²) in [5, 5.41) is 0. The summed E-state index contributed by atoms with van der Waals surface area (Å²) in [5.41, 5.74) is 0.554. The molecule has 0 radical (unpaired) electrons. The Bertz CT molecular complexity index is 393. The molecule has 4 heteroatoms. The van der Waals surface area contributed by atoms with Crippen LogP contribution >= 0.6 is 11.6 Å². The van der Waals surface area contributed by atoms with E-state index >= 15 is 0 Å². The fourth-order valence-corrected chi connectivity index (χ4v) is 2.49. The van der Waals surface area contributed by atoms with Gasteiger partial charge in [-0.2, -0.15) is 0 Å². The van der Waals surface area contributed by atoms with E-state index in [1.54, 1.807) is 0 Å². The molecule has 1 aliphatic rings. The predicted molar refractivity (Wildman–Crippen MR) is 65.7 cm³/mol. The van der Waals surface area contributed by atoms with Gasteiger partial charge in [-0.3, -0.25) is 4.79 Å². The van der Waals surface area contributed by atoms with Crippen molar-refractivity contribution in [2.75, 3.05) is 19.0 Å². The lowest BCUT2D eigenvalue weighted by atomic mass is 10.1. The van der Waals surface area contributed by atoms with Crippen LogP contribution in [-0.2, 0) is 0 Å². The Balaban J connectivity index is 1.99. The molecule has 1 saturated heterocycles. The maximum atomic E-state index is 12.8. The first-order chi connectivity index (χ1) is 8.20. The molecular weight excluding hydrogens is 241 g/mol. The van der Waals surface area contributed by atoms with E-state index in [2.05, 4.69) is 0 Å². The number of carbonyl (C=O) groups excluding carboxylic acids is 1. The Morgan fingerprint density at radius 1 is 1.41 bits per heavy atom. The molecule has 2 rings (SSSR count). The molecular formula is C13H15ClFNO. The van der Waals surface area contributed by atoms with Gasteiger partial charge in [0, 0.05) is 24.5 Å². The van der Waals surface area contributed by atoms with Gasteiger partial charge >= 0.3 is 0 Å². The highest BCUT2D eigenvalue weighted by atomic mass is 35.5. The zero-order valence-corrected chi connectivity index (χ0v) is 10.3. The summed E-state index contributed by atoms with van der Waals surface area (Å²) in [7, 11) is 0. The quantitative estimate of drug-likeness (QED) is 0.761. The van der Waals surface area contributed by atoms with Crippen LogP contribution in [0.4, 0.5) is 4.39 Å².